The number of nitrogens with zero attached hydrogens (tertiary/aromatic N) is 1. The Morgan fingerprint density at radius 1 is 1.14 bits per heavy atom. The molecule has 0 aromatic heterocycles. The molecule has 1 saturated heterocycles. The van der Waals surface area contributed by atoms with E-state index in [0.29, 0.717) is 39.0 Å². The van der Waals surface area contributed by atoms with Gasteiger partial charge < -0.3 is 15.0 Å². The van der Waals surface area contributed by atoms with Gasteiger partial charge in [0.05, 0.1) is 11.1 Å². The molecule has 5 nitrogen and oxygen atoms in total. The Labute approximate surface area is 174 Å². The monoisotopic (exact) mass is 444 g/mol. The van der Waals surface area contributed by atoms with Crippen LogP contribution in [-0.2, 0) is 22.7 Å². The third-order valence-corrected chi connectivity index (χ3v) is 5.32. The Hall–Kier alpha value is -2.34. The highest BCUT2D eigenvalue weighted by Gasteiger charge is 2.19. The van der Waals surface area contributed by atoms with Gasteiger partial charge >= 0.3 is 0 Å². The highest BCUT2D eigenvalue weighted by atomic mass is 79.9. The predicted octanol–water partition coefficient (Wildman–Crippen LogP) is 4.05. The van der Waals surface area contributed by atoms with Gasteiger partial charge in [0.1, 0.15) is 5.75 Å². The fraction of sp³-hybridized carbons (Fsp3) is 0.364. The van der Waals surface area contributed by atoms with Gasteiger partial charge in [0, 0.05) is 32.5 Å². The Morgan fingerprint density at radius 3 is 2.75 bits per heavy atom. The average molecular weight is 445 g/mol. The lowest BCUT2D eigenvalue weighted by molar-refractivity contribution is -0.128. The van der Waals surface area contributed by atoms with Crippen molar-refractivity contribution in [1.82, 2.24) is 10.2 Å². The number of hydrogen-bond donors (Lipinski definition) is 1. The van der Waals surface area contributed by atoms with Crippen molar-refractivity contribution >= 4 is 27.7 Å². The van der Waals surface area contributed by atoms with E-state index in [1.165, 1.54) is 0 Å². The number of hydrogen-bond acceptors (Lipinski definition) is 3. The molecule has 2 aromatic rings. The van der Waals surface area contributed by atoms with Gasteiger partial charge in [0.2, 0.25) is 11.8 Å². The number of rotatable bonds is 9. The molecule has 1 aliphatic heterocycles. The fourth-order valence-corrected chi connectivity index (χ4v) is 3.59. The summed E-state index contributed by atoms with van der Waals surface area (Å²) < 4.78 is 6.59. The minimum atomic E-state index is 0.0100. The number of nitrogens with one attached hydrogen (secondary N) is 1. The summed E-state index contributed by atoms with van der Waals surface area (Å²) in [5, 5.41) is 2.95. The van der Waals surface area contributed by atoms with Crippen molar-refractivity contribution in [3.8, 4) is 5.75 Å². The first kappa shape index (κ1) is 20.4. The SMILES string of the molecule is O=C(CCCOc1ccccc1Br)NCc1cccc(CN2CCCC2=O)c1. The lowest BCUT2D eigenvalue weighted by Gasteiger charge is -2.16. The Balaban J connectivity index is 1.38. The molecule has 0 aliphatic carbocycles. The summed E-state index contributed by atoms with van der Waals surface area (Å²) in [6.45, 7) is 2.47. The lowest BCUT2D eigenvalue weighted by atomic mass is 10.1. The predicted molar refractivity (Wildman–Crippen MR) is 112 cm³/mol. The second kappa shape index (κ2) is 10.3. The van der Waals surface area contributed by atoms with Crippen molar-refractivity contribution in [3.63, 3.8) is 0 Å². The molecule has 0 unspecified atom stereocenters. The second-order valence-corrected chi connectivity index (χ2v) is 7.75. The van der Waals surface area contributed by atoms with E-state index >= 15 is 0 Å². The van der Waals surface area contributed by atoms with Crippen molar-refractivity contribution < 1.29 is 14.3 Å². The molecule has 0 saturated carbocycles. The molecular weight excluding hydrogens is 420 g/mol. The largest absolute Gasteiger partial charge is 0.492 e. The first-order valence-corrected chi connectivity index (χ1v) is 10.4. The molecule has 0 radical (unpaired) electrons. The Morgan fingerprint density at radius 2 is 1.96 bits per heavy atom. The van der Waals surface area contributed by atoms with E-state index in [2.05, 4.69) is 27.3 Å². The van der Waals surface area contributed by atoms with Crippen LogP contribution in [0.3, 0.4) is 0 Å². The fourth-order valence-electron chi connectivity index (χ4n) is 3.20. The van der Waals surface area contributed by atoms with Crippen molar-refractivity contribution in [1.29, 1.82) is 0 Å². The molecule has 0 atom stereocenters. The van der Waals surface area contributed by atoms with Crippen LogP contribution < -0.4 is 10.1 Å². The normalized spacial score (nSPS) is 13.6. The van der Waals surface area contributed by atoms with Gasteiger partial charge in [-0.3, -0.25) is 9.59 Å². The average Bonchev–Trinajstić information content (AvgIpc) is 3.10. The van der Waals surface area contributed by atoms with E-state index in [1.54, 1.807) is 0 Å². The quantitative estimate of drug-likeness (QED) is 0.593. The molecule has 3 rings (SSSR count). The summed E-state index contributed by atoms with van der Waals surface area (Å²) in [6.07, 6.45) is 2.68. The number of halogens is 1. The van der Waals surface area contributed by atoms with E-state index in [9.17, 15) is 9.59 Å². The zero-order chi connectivity index (χ0) is 19.8. The maximum atomic E-state index is 12.1. The van der Waals surface area contributed by atoms with Crippen molar-refractivity contribution in [2.75, 3.05) is 13.2 Å². The molecule has 1 fully saturated rings. The molecule has 0 bridgehead atoms. The summed E-state index contributed by atoms with van der Waals surface area (Å²) >= 11 is 3.44. The van der Waals surface area contributed by atoms with Crippen molar-refractivity contribution in [3.05, 3.63) is 64.1 Å². The van der Waals surface area contributed by atoms with Crippen LogP contribution in [0.15, 0.2) is 53.0 Å². The van der Waals surface area contributed by atoms with Crippen LogP contribution >= 0.6 is 15.9 Å². The Bertz CT molecular complexity index is 825. The first-order valence-electron chi connectivity index (χ1n) is 9.61. The van der Waals surface area contributed by atoms with Gasteiger partial charge in [-0.15, -0.1) is 0 Å². The number of carbonyl (C=O) groups is 2. The standard InChI is InChI=1S/C22H25BrN2O3/c23-19-8-1-2-9-20(19)28-13-5-10-21(26)24-15-17-6-3-7-18(14-17)16-25-12-4-11-22(25)27/h1-3,6-9,14H,4-5,10-13,15-16H2,(H,24,26). The molecule has 2 aromatic carbocycles. The number of likely N-dealkylation sites (tertiary alicyclic amines) is 1. The van der Waals surface area contributed by atoms with E-state index in [4.69, 9.17) is 4.74 Å². The molecule has 148 valence electrons. The number of para-hydroxylation sites is 1. The molecule has 1 heterocycles. The van der Waals surface area contributed by atoms with E-state index in [0.717, 1.165) is 34.3 Å². The minimum absolute atomic E-state index is 0.0100. The van der Waals surface area contributed by atoms with Crippen molar-refractivity contribution in [2.24, 2.45) is 0 Å². The van der Waals surface area contributed by atoms with E-state index in [-0.39, 0.29) is 11.8 Å². The van der Waals surface area contributed by atoms with Gasteiger partial charge in [-0.1, -0.05) is 36.4 Å². The highest BCUT2D eigenvalue weighted by Crippen LogP contribution is 2.23. The molecule has 28 heavy (non-hydrogen) atoms. The van der Waals surface area contributed by atoms with Crippen molar-refractivity contribution in [2.45, 2.75) is 38.8 Å². The van der Waals surface area contributed by atoms with Gasteiger partial charge in [-0.2, -0.15) is 0 Å². The van der Waals surface area contributed by atoms with Gasteiger partial charge in [-0.25, -0.2) is 0 Å². The van der Waals surface area contributed by atoms with Gasteiger partial charge in [0.25, 0.3) is 0 Å². The molecule has 1 N–H and O–H groups in total. The Kier molecular flexibility index (Phi) is 7.48. The summed E-state index contributed by atoms with van der Waals surface area (Å²) in [5.74, 6) is 1.02. The van der Waals surface area contributed by atoms with Gasteiger partial charge in [-0.05, 0) is 52.0 Å². The van der Waals surface area contributed by atoms with Gasteiger partial charge in [0.15, 0.2) is 0 Å². The molecule has 1 aliphatic rings. The number of carbonyl (C=O) groups excluding carboxylic acids is 2. The second-order valence-electron chi connectivity index (χ2n) is 6.90. The molecular formula is C22H25BrN2O3. The van der Waals surface area contributed by atoms with Crippen LogP contribution in [0.2, 0.25) is 0 Å². The minimum Gasteiger partial charge on any atom is -0.492 e. The molecule has 0 spiro atoms. The van der Waals surface area contributed by atoms with Crippen LogP contribution in [0.4, 0.5) is 0 Å². The maximum Gasteiger partial charge on any atom is 0.222 e. The summed E-state index contributed by atoms with van der Waals surface area (Å²) in [4.78, 5) is 25.7. The molecule has 2 amide bonds. The number of ether oxygens (including phenoxy) is 1. The molecule has 6 heteroatoms. The smallest absolute Gasteiger partial charge is 0.222 e. The van der Waals surface area contributed by atoms with Crippen LogP contribution in [0, 0.1) is 0 Å². The number of benzene rings is 2. The third kappa shape index (κ3) is 6.09. The van der Waals surface area contributed by atoms with Crippen LogP contribution in [0.25, 0.3) is 0 Å². The summed E-state index contributed by atoms with van der Waals surface area (Å²) in [7, 11) is 0. The first-order chi connectivity index (χ1) is 13.6. The van der Waals surface area contributed by atoms with Crippen LogP contribution in [0.5, 0.6) is 5.75 Å². The number of amides is 2. The summed E-state index contributed by atoms with van der Waals surface area (Å²) in [5.41, 5.74) is 2.14. The topological polar surface area (TPSA) is 58.6 Å². The van der Waals surface area contributed by atoms with Crippen LogP contribution in [-0.4, -0.2) is 29.9 Å². The third-order valence-electron chi connectivity index (χ3n) is 4.67. The van der Waals surface area contributed by atoms with Crippen LogP contribution in [0.1, 0.15) is 36.8 Å². The maximum absolute atomic E-state index is 12.1. The lowest BCUT2D eigenvalue weighted by Crippen LogP contribution is -2.24. The summed E-state index contributed by atoms with van der Waals surface area (Å²) in [6, 6.07) is 15.7. The van der Waals surface area contributed by atoms with E-state index in [1.807, 2.05) is 47.4 Å². The van der Waals surface area contributed by atoms with E-state index < -0.39 is 0 Å². The zero-order valence-corrected chi connectivity index (χ0v) is 17.4. The highest BCUT2D eigenvalue weighted by molar-refractivity contribution is 9.10. The zero-order valence-electron chi connectivity index (χ0n) is 15.8.